The van der Waals surface area contributed by atoms with Crippen LogP contribution in [0.2, 0.25) is 0 Å². The summed E-state index contributed by atoms with van der Waals surface area (Å²) >= 11 is 0. The Hall–Kier alpha value is -1.90. The smallest absolute Gasteiger partial charge is 0.262 e. The largest absolute Gasteiger partial charge is 0.461 e. The minimum Gasteiger partial charge on any atom is -0.461 e. The lowest BCUT2D eigenvalue weighted by atomic mass is 10.3. The van der Waals surface area contributed by atoms with E-state index in [0.717, 1.165) is 5.69 Å². The van der Waals surface area contributed by atoms with Crippen molar-refractivity contribution in [1.82, 2.24) is 0 Å². The topological polar surface area (TPSA) is 34.1 Å². The van der Waals surface area contributed by atoms with Gasteiger partial charge in [0.25, 0.3) is 5.78 Å². The second-order valence-electron chi connectivity index (χ2n) is 3.37. The predicted octanol–water partition coefficient (Wildman–Crippen LogP) is 1.76. The van der Waals surface area contributed by atoms with Crippen LogP contribution in [0.15, 0.2) is 47.2 Å². The first-order valence-corrected chi connectivity index (χ1v) is 4.79. The lowest BCUT2D eigenvalue weighted by Gasteiger charge is -1.97. The van der Waals surface area contributed by atoms with E-state index in [4.69, 9.17) is 4.42 Å². The number of carbonyl (C=O) groups is 1. The molecule has 3 heteroatoms. The number of furan rings is 1. The van der Waals surface area contributed by atoms with E-state index in [1.54, 1.807) is 12.1 Å². The summed E-state index contributed by atoms with van der Waals surface area (Å²) in [6.45, 7) is 2.29. The molecule has 0 aliphatic rings. The summed E-state index contributed by atoms with van der Waals surface area (Å²) in [5.74, 6) is 0.394. The Labute approximate surface area is 88.0 Å². The fraction of sp³-hybridized carbons (Fsp3) is 0.167. The standard InChI is InChI=1S/C12H12NO2/c1-10-5-2-3-7-13(10)9-11(14)12-6-4-8-15-12/h2-8H,9H2,1H3/q+1. The second kappa shape index (κ2) is 4.09. The summed E-state index contributed by atoms with van der Waals surface area (Å²) in [5, 5.41) is 0. The molecule has 2 rings (SSSR count). The van der Waals surface area contributed by atoms with Crippen molar-refractivity contribution in [3.8, 4) is 0 Å². The van der Waals surface area contributed by atoms with Gasteiger partial charge in [-0.05, 0) is 12.1 Å². The zero-order chi connectivity index (χ0) is 10.7. The van der Waals surface area contributed by atoms with Crippen molar-refractivity contribution in [2.75, 3.05) is 0 Å². The first-order valence-electron chi connectivity index (χ1n) is 4.79. The maximum atomic E-state index is 11.7. The summed E-state index contributed by atoms with van der Waals surface area (Å²) in [6.07, 6.45) is 3.39. The molecule has 2 aromatic heterocycles. The summed E-state index contributed by atoms with van der Waals surface area (Å²) in [7, 11) is 0. The molecule has 0 N–H and O–H groups in total. The van der Waals surface area contributed by atoms with Gasteiger partial charge in [0.1, 0.15) is 0 Å². The van der Waals surface area contributed by atoms with Crippen molar-refractivity contribution in [1.29, 1.82) is 0 Å². The van der Waals surface area contributed by atoms with Crippen LogP contribution in [0.5, 0.6) is 0 Å². The van der Waals surface area contributed by atoms with Crippen molar-refractivity contribution in [2.24, 2.45) is 0 Å². The Morgan fingerprint density at radius 2 is 2.20 bits per heavy atom. The van der Waals surface area contributed by atoms with Gasteiger partial charge < -0.3 is 4.42 Å². The van der Waals surface area contributed by atoms with Crippen LogP contribution in [0.3, 0.4) is 0 Å². The molecule has 0 aliphatic carbocycles. The van der Waals surface area contributed by atoms with Gasteiger partial charge in [-0.1, -0.05) is 6.07 Å². The minimum absolute atomic E-state index is 0.0145. The molecule has 0 spiro atoms. The zero-order valence-electron chi connectivity index (χ0n) is 8.51. The van der Waals surface area contributed by atoms with E-state index < -0.39 is 0 Å². The average molecular weight is 202 g/mol. The van der Waals surface area contributed by atoms with Crippen LogP contribution in [0.1, 0.15) is 16.2 Å². The van der Waals surface area contributed by atoms with Crippen molar-refractivity contribution in [2.45, 2.75) is 13.5 Å². The van der Waals surface area contributed by atoms with Gasteiger partial charge in [-0.15, -0.1) is 0 Å². The van der Waals surface area contributed by atoms with Crippen LogP contribution in [-0.2, 0) is 6.54 Å². The van der Waals surface area contributed by atoms with Gasteiger partial charge in [0.05, 0.1) is 6.26 Å². The third-order valence-electron chi connectivity index (χ3n) is 2.28. The number of pyridine rings is 1. The molecule has 0 fully saturated rings. The summed E-state index contributed by atoms with van der Waals surface area (Å²) < 4.78 is 6.94. The Bertz CT molecular complexity index is 460. The number of aromatic nitrogens is 1. The number of ketones is 1. The molecular weight excluding hydrogens is 190 g/mol. The van der Waals surface area contributed by atoms with E-state index in [9.17, 15) is 4.79 Å². The van der Waals surface area contributed by atoms with E-state index >= 15 is 0 Å². The molecule has 15 heavy (non-hydrogen) atoms. The van der Waals surface area contributed by atoms with Crippen LogP contribution in [0, 0.1) is 6.92 Å². The van der Waals surface area contributed by atoms with Crippen molar-refractivity contribution >= 4 is 5.78 Å². The molecule has 76 valence electrons. The molecule has 2 aromatic rings. The summed E-state index contributed by atoms with van der Waals surface area (Å²) in [4.78, 5) is 11.7. The highest BCUT2D eigenvalue weighted by Gasteiger charge is 2.15. The Kier molecular flexibility index (Phi) is 2.63. The Morgan fingerprint density at radius 3 is 2.87 bits per heavy atom. The summed E-state index contributed by atoms with van der Waals surface area (Å²) in [5.41, 5.74) is 1.05. The highest BCUT2D eigenvalue weighted by molar-refractivity contribution is 5.92. The van der Waals surface area contributed by atoms with Gasteiger partial charge in [-0.25, -0.2) is 0 Å². The highest BCUT2D eigenvalue weighted by Crippen LogP contribution is 2.01. The SMILES string of the molecule is Cc1cccc[n+]1CC(=O)c1ccco1. The lowest BCUT2D eigenvalue weighted by molar-refractivity contribution is -0.689. The monoisotopic (exact) mass is 202 g/mol. The quantitative estimate of drug-likeness (QED) is 0.561. The van der Waals surface area contributed by atoms with Crippen LogP contribution < -0.4 is 4.57 Å². The fourth-order valence-corrected chi connectivity index (χ4v) is 1.41. The van der Waals surface area contributed by atoms with Crippen LogP contribution in [-0.4, -0.2) is 5.78 Å². The molecule has 0 saturated carbocycles. The van der Waals surface area contributed by atoms with Gasteiger partial charge in [0.2, 0.25) is 6.54 Å². The van der Waals surface area contributed by atoms with Crippen molar-refractivity contribution in [3.05, 3.63) is 54.2 Å². The maximum absolute atomic E-state index is 11.7. The van der Waals surface area contributed by atoms with Crippen LogP contribution in [0.4, 0.5) is 0 Å². The van der Waals surface area contributed by atoms with E-state index in [2.05, 4.69) is 0 Å². The van der Waals surface area contributed by atoms with Gasteiger partial charge >= 0.3 is 0 Å². The Morgan fingerprint density at radius 1 is 1.33 bits per heavy atom. The molecule has 0 bridgehead atoms. The lowest BCUT2D eigenvalue weighted by Crippen LogP contribution is -2.40. The van der Waals surface area contributed by atoms with Gasteiger partial charge in [-0.2, -0.15) is 4.57 Å². The van der Waals surface area contributed by atoms with E-state index in [-0.39, 0.29) is 5.78 Å². The number of nitrogens with zero attached hydrogens (tertiary/aromatic N) is 1. The summed E-state index contributed by atoms with van der Waals surface area (Å²) in [6, 6.07) is 9.22. The zero-order valence-corrected chi connectivity index (χ0v) is 8.51. The van der Waals surface area contributed by atoms with E-state index in [1.807, 2.05) is 35.9 Å². The molecule has 0 radical (unpaired) electrons. The van der Waals surface area contributed by atoms with E-state index in [0.29, 0.717) is 12.3 Å². The average Bonchev–Trinajstić information content (AvgIpc) is 2.74. The second-order valence-corrected chi connectivity index (χ2v) is 3.37. The molecule has 0 unspecified atom stereocenters. The Balaban J connectivity index is 2.17. The normalized spacial score (nSPS) is 10.2. The molecule has 2 heterocycles. The molecule has 0 atom stereocenters. The first-order chi connectivity index (χ1) is 7.27. The number of hydrogen-bond donors (Lipinski definition) is 0. The van der Waals surface area contributed by atoms with Crippen LogP contribution >= 0.6 is 0 Å². The minimum atomic E-state index is -0.0145. The van der Waals surface area contributed by atoms with Gasteiger partial charge in [0.15, 0.2) is 17.7 Å². The van der Waals surface area contributed by atoms with E-state index in [1.165, 1.54) is 6.26 Å². The van der Waals surface area contributed by atoms with Crippen molar-refractivity contribution in [3.63, 3.8) is 0 Å². The third-order valence-corrected chi connectivity index (χ3v) is 2.28. The molecule has 0 aliphatic heterocycles. The van der Waals surface area contributed by atoms with Gasteiger partial charge in [-0.3, -0.25) is 4.79 Å². The molecule has 0 aromatic carbocycles. The van der Waals surface area contributed by atoms with Gasteiger partial charge in [0, 0.05) is 19.1 Å². The number of carbonyl (C=O) groups excluding carboxylic acids is 1. The maximum Gasteiger partial charge on any atom is 0.262 e. The predicted molar refractivity (Wildman–Crippen MR) is 54.4 cm³/mol. The molecule has 0 amide bonds. The fourth-order valence-electron chi connectivity index (χ4n) is 1.41. The van der Waals surface area contributed by atoms with Crippen molar-refractivity contribution < 1.29 is 13.8 Å². The first kappa shape index (κ1) is 9.65. The molecular formula is C12H12NO2+. The third kappa shape index (κ3) is 2.13. The number of hydrogen-bond acceptors (Lipinski definition) is 2. The number of rotatable bonds is 3. The number of aryl methyl sites for hydroxylation is 1. The molecule has 3 nitrogen and oxygen atoms in total. The van der Waals surface area contributed by atoms with Crippen LogP contribution in [0.25, 0.3) is 0 Å². The molecule has 0 saturated heterocycles. The number of Topliss-reactive ketones (excluding diaryl/α,β-unsaturated/α-hetero) is 1. The highest BCUT2D eigenvalue weighted by atomic mass is 16.3.